The zero-order valence-corrected chi connectivity index (χ0v) is 19.9. The molecule has 0 spiro atoms. The average Bonchev–Trinajstić information content (AvgIpc) is 3.33. The molecule has 170 valence electrons. The van der Waals surface area contributed by atoms with Gasteiger partial charge in [0.25, 0.3) is 0 Å². The van der Waals surface area contributed by atoms with Crippen molar-refractivity contribution < 1.29 is 0 Å². The van der Waals surface area contributed by atoms with Gasteiger partial charge in [0.2, 0.25) is 0 Å². The average molecular weight is 483 g/mol. The molecule has 6 aromatic rings. The molecule has 0 atom stereocenters. The molecule has 0 unspecified atom stereocenters. The summed E-state index contributed by atoms with van der Waals surface area (Å²) in [6, 6.07) is 39.8. The Hall–Kier alpha value is -4.72. The van der Waals surface area contributed by atoms with Crippen LogP contribution >= 0.6 is 11.6 Å². The fraction of sp³-hybridized carbons (Fsp3) is 0. The molecule has 5 heteroatoms. The summed E-state index contributed by atoms with van der Waals surface area (Å²) >= 11 is 6.20. The molecule has 0 aliphatic rings. The van der Waals surface area contributed by atoms with Crippen molar-refractivity contribution in [1.29, 1.82) is 5.26 Å². The highest BCUT2D eigenvalue weighted by molar-refractivity contribution is 6.30. The Morgan fingerprint density at radius 2 is 1.19 bits per heavy atom. The lowest BCUT2D eigenvalue weighted by molar-refractivity contribution is 0.901. The maximum Gasteiger partial charge on any atom is 0.164 e. The van der Waals surface area contributed by atoms with Gasteiger partial charge in [-0.2, -0.15) is 10.4 Å². The summed E-state index contributed by atoms with van der Waals surface area (Å²) in [4.78, 5) is 5.09. The van der Waals surface area contributed by atoms with Crippen LogP contribution in [0.1, 0.15) is 5.56 Å². The largest absolute Gasteiger partial charge is 0.226 e. The molecule has 0 saturated carbocycles. The van der Waals surface area contributed by atoms with Crippen LogP contribution in [0, 0.1) is 11.3 Å². The highest BCUT2D eigenvalue weighted by atomic mass is 35.5. The molecular weight excluding hydrogens is 464 g/mol. The first-order chi connectivity index (χ1) is 17.7. The van der Waals surface area contributed by atoms with Gasteiger partial charge < -0.3 is 0 Å². The van der Waals surface area contributed by atoms with E-state index in [9.17, 15) is 5.26 Å². The Morgan fingerprint density at radius 1 is 0.639 bits per heavy atom. The van der Waals surface area contributed by atoms with E-state index in [-0.39, 0.29) is 0 Å². The van der Waals surface area contributed by atoms with Gasteiger partial charge in [0.05, 0.1) is 22.3 Å². The number of benzene rings is 4. The van der Waals surface area contributed by atoms with Gasteiger partial charge in [0, 0.05) is 21.7 Å². The first-order valence-electron chi connectivity index (χ1n) is 11.5. The number of rotatable bonds is 4. The van der Waals surface area contributed by atoms with E-state index in [0.29, 0.717) is 21.9 Å². The second kappa shape index (κ2) is 9.14. The Bertz CT molecular complexity index is 1720. The summed E-state index contributed by atoms with van der Waals surface area (Å²) in [5, 5.41) is 17.0. The Labute approximate surface area is 213 Å². The number of hydrogen-bond acceptors (Lipinski definition) is 3. The minimum atomic E-state index is 0.516. The predicted octanol–water partition coefficient (Wildman–Crippen LogP) is 7.95. The van der Waals surface area contributed by atoms with E-state index in [1.165, 1.54) is 0 Å². The maximum atomic E-state index is 10.5. The van der Waals surface area contributed by atoms with E-state index >= 15 is 0 Å². The summed E-state index contributed by atoms with van der Waals surface area (Å²) in [6.07, 6.45) is 0. The molecule has 2 heterocycles. The number of nitriles is 1. The summed E-state index contributed by atoms with van der Waals surface area (Å²) < 4.78 is 1.86. The van der Waals surface area contributed by atoms with Crippen LogP contribution in [0.2, 0.25) is 5.02 Å². The molecule has 0 aliphatic carbocycles. The molecule has 0 saturated heterocycles. The van der Waals surface area contributed by atoms with Gasteiger partial charge in [0.15, 0.2) is 5.65 Å². The standard InChI is InChI=1S/C31H19ClN4/c32-24-18-16-23(17-19-24)30-28-27(21-10-4-1-5-11-21)26(20-33)29(22-12-6-2-7-13-22)34-31(28)36(35-30)25-14-8-3-9-15-25/h1-19H. The van der Waals surface area contributed by atoms with Gasteiger partial charge in [-0.25, -0.2) is 9.67 Å². The van der Waals surface area contributed by atoms with E-state index in [1.807, 2.05) is 120 Å². The number of nitrogens with zero attached hydrogens (tertiary/aromatic N) is 4. The molecule has 0 aliphatic heterocycles. The number of hydrogen-bond donors (Lipinski definition) is 0. The van der Waals surface area contributed by atoms with Gasteiger partial charge in [0.1, 0.15) is 11.8 Å². The van der Waals surface area contributed by atoms with Crippen LogP contribution in [0.25, 0.3) is 50.4 Å². The van der Waals surface area contributed by atoms with Crippen LogP contribution in [0.5, 0.6) is 0 Å². The van der Waals surface area contributed by atoms with Crippen molar-refractivity contribution in [3.05, 3.63) is 126 Å². The number of aromatic nitrogens is 3. The van der Waals surface area contributed by atoms with E-state index in [4.69, 9.17) is 21.7 Å². The molecule has 0 amide bonds. The highest BCUT2D eigenvalue weighted by Crippen LogP contribution is 2.41. The Balaban J connectivity index is 1.81. The Kier molecular flexibility index (Phi) is 5.53. The first kappa shape index (κ1) is 21.8. The SMILES string of the molecule is N#Cc1c(-c2ccccc2)nc2c(c(-c3ccc(Cl)cc3)nn2-c2ccccc2)c1-c1ccccc1. The molecule has 0 bridgehead atoms. The molecule has 0 radical (unpaired) electrons. The van der Waals surface area contributed by atoms with E-state index in [1.54, 1.807) is 0 Å². The predicted molar refractivity (Wildman–Crippen MR) is 145 cm³/mol. The molecular formula is C31H19ClN4. The Morgan fingerprint density at radius 3 is 1.81 bits per heavy atom. The first-order valence-corrected chi connectivity index (χ1v) is 11.9. The maximum absolute atomic E-state index is 10.5. The van der Waals surface area contributed by atoms with Crippen LogP contribution in [-0.4, -0.2) is 14.8 Å². The lowest BCUT2D eigenvalue weighted by Gasteiger charge is -2.13. The summed E-state index contributed by atoms with van der Waals surface area (Å²) in [5.41, 5.74) is 6.98. The zero-order chi connectivity index (χ0) is 24.5. The van der Waals surface area contributed by atoms with Crippen molar-refractivity contribution in [1.82, 2.24) is 14.8 Å². The van der Waals surface area contributed by atoms with Crippen molar-refractivity contribution in [3.8, 4) is 45.4 Å². The van der Waals surface area contributed by atoms with Crippen LogP contribution in [-0.2, 0) is 0 Å². The molecule has 4 nitrogen and oxygen atoms in total. The van der Waals surface area contributed by atoms with Crippen molar-refractivity contribution in [3.63, 3.8) is 0 Å². The molecule has 6 rings (SSSR count). The van der Waals surface area contributed by atoms with Gasteiger partial charge >= 0.3 is 0 Å². The highest BCUT2D eigenvalue weighted by Gasteiger charge is 2.25. The van der Waals surface area contributed by atoms with Gasteiger partial charge in [-0.1, -0.05) is 103 Å². The van der Waals surface area contributed by atoms with E-state index in [2.05, 4.69) is 6.07 Å². The smallest absolute Gasteiger partial charge is 0.164 e. The second-order valence-corrected chi connectivity index (χ2v) is 8.79. The van der Waals surface area contributed by atoms with Crippen LogP contribution < -0.4 is 0 Å². The van der Waals surface area contributed by atoms with Crippen molar-refractivity contribution in [2.24, 2.45) is 0 Å². The number of pyridine rings is 1. The monoisotopic (exact) mass is 482 g/mol. The topological polar surface area (TPSA) is 54.5 Å². The lowest BCUT2D eigenvalue weighted by atomic mass is 9.92. The molecule has 2 aromatic heterocycles. The molecule has 36 heavy (non-hydrogen) atoms. The third kappa shape index (κ3) is 3.73. The van der Waals surface area contributed by atoms with Gasteiger partial charge in [-0.15, -0.1) is 0 Å². The fourth-order valence-electron chi connectivity index (χ4n) is 4.51. The second-order valence-electron chi connectivity index (χ2n) is 8.36. The minimum absolute atomic E-state index is 0.516. The van der Waals surface area contributed by atoms with Gasteiger partial charge in [-0.3, -0.25) is 0 Å². The van der Waals surface area contributed by atoms with E-state index < -0.39 is 0 Å². The summed E-state index contributed by atoms with van der Waals surface area (Å²) in [5.74, 6) is 0. The normalized spacial score (nSPS) is 10.9. The molecule has 0 N–H and O–H groups in total. The minimum Gasteiger partial charge on any atom is -0.226 e. The fourth-order valence-corrected chi connectivity index (χ4v) is 4.64. The quantitative estimate of drug-likeness (QED) is 0.256. The van der Waals surface area contributed by atoms with Crippen molar-refractivity contribution in [2.45, 2.75) is 0 Å². The van der Waals surface area contributed by atoms with Gasteiger partial charge in [-0.05, 0) is 29.8 Å². The van der Waals surface area contributed by atoms with Crippen molar-refractivity contribution >= 4 is 22.6 Å². The summed E-state index contributed by atoms with van der Waals surface area (Å²) in [7, 11) is 0. The molecule has 0 fully saturated rings. The lowest BCUT2D eigenvalue weighted by Crippen LogP contribution is -2.01. The van der Waals surface area contributed by atoms with Crippen molar-refractivity contribution in [2.75, 3.05) is 0 Å². The van der Waals surface area contributed by atoms with Crippen LogP contribution in [0.15, 0.2) is 115 Å². The zero-order valence-electron chi connectivity index (χ0n) is 19.1. The number of para-hydroxylation sites is 1. The summed E-state index contributed by atoms with van der Waals surface area (Å²) in [6.45, 7) is 0. The number of fused-ring (bicyclic) bond motifs is 1. The van der Waals surface area contributed by atoms with Crippen LogP contribution in [0.4, 0.5) is 0 Å². The van der Waals surface area contributed by atoms with Crippen LogP contribution in [0.3, 0.4) is 0 Å². The third-order valence-electron chi connectivity index (χ3n) is 6.16. The van der Waals surface area contributed by atoms with E-state index in [0.717, 1.165) is 39.0 Å². The third-order valence-corrected chi connectivity index (χ3v) is 6.41. The number of halogens is 1. The molecule has 4 aromatic carbocycles.